The molecule has 0 unspecified atom stereocenters. The maximum atomic E-state index is 12.7. The first-order valence-electron chi connectivity index (χ1n) is 8.83. The lowest BCUT2D eigenvalue weighted by Crippen LogP contribution is -2.41. The number of nitrogens with zero attached hydrogens (tertiary/aromatic N) is 3. The monoisotopic (exact) mass is 426 g/mol. The normalized spacial score (nSPS) is 16.3. The number of hydrogen-bond donors (Lipinski definition) is 1. The zero-order valence-electron chi connectivity index (χ0n) is 15.0. The number of rotatable bonds is 7. The van der Waals surface area contributed by atoms with Gasteiger partial charge in [0.05, 0.1) is 4.90 Å². The number of thioether (sulfide) groups is 1. The maximum absolute atomic E-state index is 12.7. The fourth-order valence-corrected chi connectivity index (χ4v) is 5.99. The van der Waals surface area contributed by atoms with E-state index in [9.17, 15) is 13.2 Å². The van der Waals surface area contributed by atoms with Crippen LogP contribution < -0.4 is 5.32 Å². The van der Waals surface area contributed by atoms with Gasteiger partial charge in [0, 0.05) is 24.8 Å². The summed E-state index contributed by atoms with van der Waals surface area (Å²) in [7, 11) is -3.50. The highest BCUT2D eigenvalue weighted by Crippen LogP contribution is 2.28. The molecular weight excluding hydrogens is 404 g/mol. The Morgan fingerprint density at radius 3 is 2.63 bits per heavy atom. The molecule has 1 saturated heterocycles. The largest absolute Gasteiger partial charge is 0.300 e. The third-order valence-electron chi connectivity index (χ3n) is 4.27. The lowest BCUT2D eigenvalue weighted by Gasteiger charge is -2.30. The molecule has 146 valence electrons. The molecule has 1 aromatic heterocycles. The Balaban J connectivity index is 1.54. The molecule has 1 fully saturated rings. The predicted molar refractivity (Wildman–Crippen MR) is 107 cm³/mol. The van der Waals surface area contributed by atoms with E-state index < -0.39 is 10.0 Å². The van der Waals surface area contributed by atoms with Crippen LogP contribution in [0.2, 0.25) is 0 Å². The molecular formula is C17H22N4O3S3. The number of aromatic nitrogens is 2. The highest BCUT2D eigenvalue weighted by Gasteiger charge is 2.32. The van der Waals surface area contributed by atoms with Gasteiger partial charge in [0.2, 0.25) is 21.1 Å². The fraction of sp³-hybridized carbons (Fsp3) is 0.471. The van der Waals surface area contributed by atoms with Gasteiger partial charge in [-0.2, -0.15) is 4.31 Å². The molecule has 0 aliphatic carbocycles. The zero-order valence-corrected chi connectivity index (χ0v) is 17.4. The van der Waals surface area contributed by atoms with Crippen LogP contribution in [0, 0.1) is 5.92 Å². The van der Waals surface area contributed by atoms with Gasteiger partial charge in [-0.3, -0.25) is 4.79 Å². The van der Waals surface area contributed by atoms with E-state index in [1.165, 1.54) is 15.6 Å². The number of amides is 1. The lowest BCUT2D eigenvalue weighted by molar-refractivity contribution is -0.120. The molecule has 0 spiro atoms. The van der Waals surface area contributed by atoms with Gasteiger partial charge < -0.3 is 5.32 Å². The molecule has 1 aromatic carbocycles. The van der Waals surface area contributed by atoms with Crippen molar-refractivity contribution in [3.63, 3.8) is 0 Å². The second-order valence-electron chi connectivity index (χ2n) is 6.20. The van der Waals surface area contributed by atoms with Crippen molar-refractivity contribution in [1.82, 2.24) is 14.5 Å². The van der Waals surface area contributed by atoms with E-state index in [0.717, 1.165) is 16.5 Å². The van der Waals surface area contributed by atoms with Gasteiger partial charge >= 0.3 is 0 Å². The molecule has 0 atom stereocenters. The van der Waals surface area contributed by atoms with Gasteiger partial charge in [0.1, 0.15) is 0 Å². The van der Waals surface area contributed by atoms with Gasteiger partial charge in [-0.05, 0) is 31.4 Å². The SMILES string of the molecule is CCCSc1nnc(NC(=O)C2CCN(S(=O)(=O)c3ccccc3)CC2)s1. The summed E-state index contributed by atoms with van der Waals surface area (Å²) in [5.41, 5.74) is 0. The fourth-order valence-electron chi connectivity index (χ4n) is 2.82. The lowest BCUT2D eigenvalue weighted by atomic mass is 9.97. The third kappa shape index (κ3) is 5.07. The molecule has 2 aromatic rings. The van der Waals surface area contributed by atoms with E-state index in [2.05, 4.69) is 22.4 Å². The number of sulfonamides is 1. The minimum absolute atomic E-state index is 0.116. The van der Waals surface area contributed by atoms with Crippen molar-refractivity contribution in [1.29, 1.82) is 0 Å². The number of carbonyl (C=O) groups excluding carboxylic acids is 1. The standard InChI is InChI=1S/C17H22N4O3S3/c1-2-12-25-17-20-19-16(26-17)18-15(22)13-8-10-21(11-9-13)27(23,24)14-6-4-3-5-7-14/h3-7,13H,2,8-12H2,1H3,(H,18,19,22). The quantitative estimate of drug-likeness (QED) is 0.540. The molecule has 1 aliphatic rings. The van der Waals surface area contributed by atoms with Crippen LogP contribution in [0.25, 0.3) is 0 Å². The Labute approximate surface area is 167 Å². The van der Waals surface area contributed by atoms with Crippen molar-refractivity contribution in [3.05, 3.63) is 30.3 Å². The molecule has 2 heterocycles. The molecule has 1 aliphatic heterocycles. The molecule has 27 heavy (non-hydrogen) atoms. The summed E-state index contributed by atoms with van der Waals surface area (Å²) in [5, 5.41) is 11.4. The van der Waals surface area contributed by atoms with Crippen molar-refractivity contribution < 1.29 is 13.2 Å². The van der Waals surface area contributed by atoms with Gasteiger partial charge in [-0.1, -0.05) is 48.2 Å². The molecule has 0 saturated carbocycles. The van der Waals surface area contributed by atoms with Crippen LogP contribution in [0.4, 0.5) is 5.13 Å². The van der Waals surface area contributed by atoms with Crippen LogP contribution in [0.1, 0.15) is 26.2 Å². The van der Waals surface area contributed by atoms with E-state index in [0.29, 0.717) is 36.0 Å². The number of anilines is 1. The van der Waals surface area contributed by atoms with Crippen molar-refractivity contribution >= 4 is 44.2 Å². The zero-order chi connectivity index (χ0) is 19.3. The van der Waals surface area contributed by atoms with Gasteiger partial charge in [-0.15, -0.1) is 10.2 Å². The number of hydrogen-bond acceptors (Lipinski definition) is 7. The molecule has 0 bridgehead atoms. The van der Waals surface area contributed by atoms with Crippen molar-refractivity contribution in [2.45, 2.75) is 35.4 Å². The van der Waals surface area contributed by atoms with E-state index in [1.807, 2.05) is 0 Å². The highest BCUT2D eigenvalue weighted by atomic mass is 32.2. The Bertz CT molecular complexity index is 863. The van der Waals surface area contributed by atoms with E-state index in [1.54, 1.807) is 42.1 Å². The topological polar surface area (TPSA) is 92.3 Å². The summed E-state index contributed by atoms with van der Waals surface area (Å²) >= 11 is 2.99. The van der Waals surface area contributed by atoms with Crippen molar-refractivity contribution in [2.75, 3.05) is 24.2 Å². The van der Waals surface area contributed by atoms with Crippen LogP contribution in [0.3, 0.4) is 0 Å². The van der Waals surface area contributed by atoms with Gasteiger partial charge in [0.25, 0.3) is 0 Å². The summed E-state index contributed by atoms with van der Waals surface area (Å²) in [4.78, 5) is 12.8. The Kier molecular flexibility index (Phi) is 6.85. The van der Waals surface area contributed by atoms with Crippen molar-refractivity contribution in [2.24, 2.45) is 5.92 Å². The Hall–Kier alpha value is -1.49. The molecule has 3 rings (SSSR count). The van der Waals surface area contributed by atoms with E-state index >= 15 is 0 Å². The number of carbonyl (C=O) groups is 1. The maximum Gasteiger partial charge on any atom is 0.243 e. The molecule has 1 N–H and O–H groups in total. The van der Waals surface area contributed by atoms with E-state index in [-0.39, 0.29) is 11.8 Å². The summed E-state index contributed by atoms with van der Waals surface area (Å²) in [6.45, 7) is 2.77. The average molecular weight is 427 g/mol. The van der Waals surface area contributed by atoms with Crippen LogP contribution in [-0.4, -0.2) is 47.7 Å². The molecule has 10 heteroatoms. The number of piperidine rings is 1. The second kappa shape index (κ2) is 9.13. The summed E-state index contributed by atoms with van der Waals surface area (Å²) in [6.07, 6.45) is 2.04. The minimum Gasteiger partial charge on any atom is -0.300 e. The first kappa shape index (κ1) is 20.2. The molecule has 0 radical (unpaired) electrons. The Morgan fingerprint density at radius 2 is 1.96 bits per heavy atom. The van der Waals surface area contributed by atoms with E-state index in [4.69, 9.17) is 0 Å². The van der Waals surface area contributed by atoms with Crippen molar-refractivity contribution in [3.8, 4) is 0 Å². The van der Waals surface area contributed by atoms with Crippen LogP contribution in [-0.2, 0) is 14.8 Å². The van der Waals surface area contributed by atoms with Crippen LogP contribution in [0.5, 0.6) is 0 Å². The highest BCUT2D eigenvalue weighted by molar-refractivity contribution is 8.01. The summed E-state index contributed by atoms with van der Waals surface area (Å²) < 4.78 is 27.6. The smallest absolute Gasteiger partial charge is 0.243 e. The predicted octanol–water partition coefficient (Wildman–Crippen LogP) is 3.08. The second-order valence-corrected chi connectivity index (χ2v) is 10.5. The Morgan fingerprint density at radius 1 is 1.26 bits per heavy atom. The summed E-state index contributed by atoms with van der Waals surface area (Å²) in [6, 6.07) is 8.40. The number of nitrogens with one attached hydrogen (secondary N) is 1. The first-order valence-corrected chi connectivity index (χ1v) is 12.1. The third-order valence-corrected chi connectivity index (χ3v) is 8.36. The van der Waals surface area contributed by atoms with Gasteiger partial charge in [-0.25, -0.2) is 8.42 Å². The van der Waals surface area contributed by atoms with Gasteiger partial charge in [0.15, 0.2) is 4.34 Å². The molecule has 1 amide bonds. The number of benzene rings is 1. The minimum atomic E-state index is -3.50. The van der Waals surface area contributed by atoms with Crippen LogP contribution >= 0.6 is 23.1 Å². The van der Waals surface area contributed by atoms with Crippen LogP contribution in [0.15, 0.2) is 39.6 Å². The molecule has 7 nitrogen and oxygen atoms in total. The average Bonchev–Trinajstić information content (AvgIpc) is 3.14. The first-order chi connectivity index (χ1) is 13.0. The summed E-state index contributed by atoms with van der Waals surface area (Å²) in [5.74, 6) is 0.634.